The van der Waals surface area contributed by atoms with Crippen LogP contribution in [-0.4, -0.2) is 11.1 Å². The number of aliphatic hydroxyl groups is 1. The fourth-order valence-electron chi connectivity index (χ4n) is 0.415. The zero-order valence-corrected chi connectivity index (χ0v) is 6.28. The van der Waals surface area contributed by atoms with Gasteiger partial charge in [0.2, 0.25) is 0 Å². The Bertz CT molecular complexity index is 197. The third-order valence-electron chi connectivity index (χ3n) is 0.814. The lowest BCUT2D eigenvalue weighted by Crippen LogP contribution is -1.95. The van der Waals surface area contributed by atoms with Gasteiger partial charge in [-0.2, -0.15) is 0 Å². The average Bonchev–Trinajstić information content (AvgIpc) is 2.01. The molecule has 60 valence electrons. The van der Waals surface area contributed by atoms with E-state index in [4.69, 9.17) is 5.11 Å². The zero-order valence-electron chi connectivity index (χ0n) is 6.28. The molecule has 0 unspecified atom stereocenters. The van der Waals surface area contributed by atoms with Gasteiger partial charge in [-0.1, -0.05) is 0 Å². The van der Waals surface area contributed by atoms with Crippen molar-refractivity contribution in [3.05, 3.63) is 30.4 Å². The molecule has 0 heterocycles. The van der Waals surface area contributed by atoms with Crippen LogP contribution in [0.2, 0.25) is 0 Å². The van der Waals surface area contributed by atoms with Crippen molar-refractivity contribution in [3.63, 3.8) is 0 Å². The summed E-state index contributed by atoms with van der Waals surface area (Å²) in [4.78, 5) is 10.6. The number of carbonyl (C=O) groups excluding carboxylic acids is 1. The minimum absolute atomic E-state index is 0.161. The van der Waals surface area contributed by atoms with Crippen molar-refractivity contribution >= 4 is 5.97 Å². The summed E-state index contributed by atoms with van der Waals surface area (Å²) < 4.78 is 4.38. The Morgan fingerprint density at radius 2 is 2.45 bits per heavy atom. The standard InChI is InChI=1S/C8H10O3/c1-2-3-4-5-8(10)11-7-6-9/h2,4,6-7,9H,5H2,1H3. The third kappa shape index (κ3) is 6.41. The minimum atomic E-state index is -0.426. The molecule has 0 spiro atoms. The van der Waals surface area contributed by atoms with Gasteiger partial charge in [-0.15, -0.1) is 5.73 Å². The van der Waals surface area contributed by atoms with Crippen LogP contribution in [0.25, 0.3) is 0 Å². The summed E-state index contributed by atoms with van der Waals surface area (Å²) in [7, 11) is 0. The lowest BCUT2D eigenvalue weighted by Gasteiger charge is -1.90. The van der Waals surface area contributed by atoms with E-state index in [1.165, 1.54) is 0 Å². The number of aliphatic hydroxyl groups excluding tert-OH is 1. The molecule has 0 bridgehead atoms. The van der Waals surface area contributed by atoms with Crippen LogP contribution in [0.3, 0.4) is 0 Å². The molecule has 0 atom stereocenters. The van der Waals surface area contributed by atoms with Gasteiger partial charge in [-0.25, -0.2) is 0 Å². The van der Waals surface area contributed by atoms with Crippen LogP contribution < -0.4 is 0 Å². The molecule has 0 aromatic carbocycles. The summed E-state index contributed by atoms with van der Waals surface area (Å²) >= 11 is 0. The molecule has 0 aliphatic heterocycles. The summed E-state index contributed by atoms with van der Waals surface area (Å²) in [5, 5.41) is 8.10. The van der Waals surface area contributed by atoms with Gasteiger partial charge in [0.15, 0.2) is 0 Å². The van der Waals surface area contributed by atoms with Crippen molar-refractivity contribution in [2.45, 2.75) is 13.3 Å². The lowest BCUT2D eigenvalue weighted by molar-refractivity contribution is -0.137. The Labute approximate surface area is 65.3 Å². The first-order valence-corrected chi connectivity index (χ1v) is 3.15. The van der Waals surface area contributed by atoms with Crippen LogP contribution in [0.4, 0.5) is 0 Å². The van der Waals surface area contributed by atoms with Crippen LogP contribution in [0.15, 0.2) is 30.4 Å². The van der Waals surface area contributed by atoms with Crippen molar-refractivity contribution in [1.82, 2.24) is 0 Å². The molecule has 3 nitrogen and oxygen atoms in total. The largest absolute Gasteiger partial charge is 0.512 e. The number of esters is 1. The van der Waals surface area contributed by atoms with Crippen LogP contribution in [0.1, 0.15) is 13.3 Å². The van der Waals surface area contributed by atoms with Crippen molar-refractivity contribution in [1.29, 1.82) is 0 Å². The van der Waals surface area contributed by atoms with Gasteiger partial charge in [0, 0.05) is 0 Å². The highest BCUT2D eigenvalue weighted by molar-refractivity contribution is 5.71. The van der Waals surface area contributed by atoms with Crippen molar-refractivity contribution < 1.29 is 14.6 Å². The van der Waals surface area contributed by atoms with Crippen molar-refractivity contribution in [2.75, 3.05) is 0 Å². The molecule has 0 saturated carbocycles. The van der Waals surface area contributed by atoms with E-state index in [2.05, 4.69) is 10.5 Å². The molecular formula is C8H10O3. The second-order valence-corrected chi connectivity index (χ2v) is 1.64. The van der Waals surface area contributed by atoms with Gasteiger partial charge in [0.1, 0.15) is 12.5 Å². The van der Waals surface area contributed by atoms with Gasteiger partial charge in [-0.3, -0.25) is 4.79 Å². The number of hydrogen-bond donors (Lipinski definition) is 1. The summed E-state index contributed by atoms with van der Waals surface area (Å²) in [5.74, 6) is -0.426. The minimum Gasteiger partial charge on any atom is -0.512 e. The Balaban J connectivity index is 3.61. The Morgan fingerprint density at radius 3 is 3.00 bits per heavy atom. The van der Waals surface area contributed by atoms with E-state index in [0.717, 1.165) is 6.26 Å². The van der Waals surface area contributed by atoms with E-state index in [9.17, 15) is 4.79 Å². The summed E-state index contributed by atoms with van der Waals surface area (Å²) in [6.45, 7) is 1.80. The highest BCUT2D eigenvalue weighted by atomic mass is 16.5. The van der Waals surface area contributed by atoms with E-state index >= 15 is 0 Å². The fourth-order valence-corrected chi connectivity index (χ4v) is 0.415. The molecule has 0 aromatic heterocycles. The van der Waals surface area contributed by atoms with Gasteiger partial charge < -0.3 is 9.84 Å². The second kappa shape index (κ2) is 6.65. The number of carbonyl (C=O) groups is 1. The maximum atomic E-state index is 10.6. The molecule has 0 fully saturated rings. The monoisotopic (exact) mass is 154 g/mol. The summed E-state index contributed by atoms with van der Waals surface area (Å²) in [6, 6.07) is 0. The normalized spacial score (nSPS) is 8.82. The predicted octanol–water partition coefficient (Wildman–Crippen LogP) is 1.68. The van der Waals surface area contributed by atoms with Crippen molar-refractivity contribution in [2.24, 2.45) is 0 Å². The molecule has 1 N–H and O–H groups in total. The number of ether oxygens (including phenoxy) is 1. The van der Waals surface area contributed by atoms with E-state index in [0.29, 0.717) is 6.26 Å². The fraction of sp³-hybridized carbons (Fsp3) is 0.250. The Kier molecular flexibility index (Phi) is 5.76. The molecule has 0 radical (unpaired) electrons. The second-order valence-electron chi connectivity index (χ2n) is 1.64. The van der Waals surface area contributed by atoms with Crippen LogP contribution >= 0.6 is 0 Å². The quantitative estimate of drug-likeness (QED) is 0.382. The van der Waals surface area contributed by atoms with E-state index in [-0.39, 0.29) is 6.42 Å². The lowest BCUT2D eigenvalue weighted by atomic mass is 10.4. The Morgan fingerprint density at radius 1 is 1.73 bits per heavy atom. The van der Waals surface area contributed by atoms with E-state index in [1.807, 2.05) is 0 Å². The molecule has 3 heteroatoms. The first kappa shape index (κ1) is 9.53. The molecular weight excluding hydrogens is 144 g/mol. The van der Waals surface area contributed by atoms with E-state index < -0.39 is 5.97 Å². The third-order valence-corrected chi connectivity index (χ3v) is 0.814. The van der Waals surface area contributed by atoms with Gasteiger partial charge in [-0.05, 0) is 19.1 Å². The molecule has 0 aliphatic carbocycles. The molecule has 0 aromatic rings. The maximum Gasteiger partial charge on any atom is 0.315 e. The molecule has 0 amide bonds. The number of rotatable bonds is 3. The summed E-state index contributed by atoms with van der Waals surface area (Å²) in [5.41, 5.74) is 2.72. The highest BCUT2D eigenvalue weighted by Gasteiger charge is 1.94. The van der Waals surface area contributed by atoms with Gasteiger partial charge in [0.25, 0.3) is 0 Å². The smallest absolute Gasteiger partial charge is 0.315 e. The van der Waals surface area contributed by atoms with Crippen LogP contribution in [0.5, 0.6) is 0 Å². The Hall–Kier alpha value is -1.47. The van der Waals surface area contributed by atoms with Crippen LogP contribution in [-0.2, 0) is 9.53 Å². The number of hydrogen-bond acceptors (Lipinski definition) is 3. The van der Waals surface area contributed by atoms with Crippen molar-refractivity contribution in [3.8, 4) is 0 Å². The molecule has 11 heavy (non-hydrogen) atoms. The highest BCUT2D eigenvalue weighted by Crippen LogP contribution is 1.87. The molecule has 0 rings (SSSR count). The van der Waals surface area contributed by atoms with E-state index in [1.54, 1.807) is 19.1 Å². The topological polar surface area (TPSA) is 46.5 Å². The van der Waals surface area contributed by atoms with Crippen LogP contribution in [0, 0.1) is 0 Å². The maximum absolute atomic E-state index is 10.6. The first-order valence-electron chi connectivity index (χ1n) is 3.15. The molecule has 0 aliphatic rings. The molecule has 0 saturated heterocycles. The SMILES string of the molecule is CC=C=CCC(=O)OC=CO. The first-order chi connectivity index (χ1) is 5.31. The van der Waals surface area contributed by atoms with Gasteiger partial charge >= 0.3 is 5.97 Å². The van der Waals surface area contributed by atoms with Gasteiger partial charge in [0.05, 0.1) is 6.42 Å². The average molecular weight is 154 g/mol. The predicted molar refractivity (Wildman–Crippen MR) is 40.8 cm³/mol. The zero-order chi connectivity index (χ0) is 8.53. The summed E-state index contributed by atoms with van der Waals surface area (Å²) in [6.07, 6.45) is 4.99.